The highest BCUT2D eigenvalue weighted by Crippen LogP contribution is 2.04. The molecular formula is C18H12O2. The summed E-state index contributed by atoms with van der Waals surface area (Å²) < 4.78 is 0. The molecule has 0 fully saturated rings. The molecule has 0 atom stereocenters. The molecule has 0 aliphatic heterocycles. The number of aldehydes is 2. The predicted octanol–water partition coefficient (Wildman–Crippen LogP) is 3.38. The quantitative estimate of drug-likeness (QED) is 0.626. The van der Waals surface area contributed by atoms with E-state index in [2.05, 4.69) is 11.8 Å². The van der Waals surface area contributed by atoms with Gasteiger partial charge in [-0.25, -0.2) is 0 Å². The van der Waals surface area contributed by atoms with Crippen LogP contribution in [0, 0.1) is 11.8 Å². The highest BCUT2D eigenvalue weighted by molar-refractivity contribution is 5.75. The van der Waals surface area contributed by atoms with Crippen molar-refractivity contribution in [2.24, 2.45) is 0 Å². The minimum absolute atomic E-state index is 0.640. The highest BCUT2D eigenvalue weighted by Gasteiger charge is 1.89. The summed E-state index contributed by atoms with van der Waals surface area (Å²) in [5.41, 5.74) is 3.14. The molecule has 0 aliphatic rings. The van der Waals surface area contributed by atoms with E-state index in [1.54, 1.807) is 30.3 Å². The largest absolute Gasteiger partial charge is 0.298 e. The van der Waals surface area contributed by atoms with Crippen molar-refractivity contribution in [3.05, 3.63) is 76.9 Å². The van der Waals surface area contributed by atoms with E-state index in [1.165, 1.54) is 0 Å². The van der Waals surface area contributed by atoms with Crippen LogP contribution in [-0.4, -0.2) is 12.6 Å². The van der Waals surface area contributed by atoms with Gasteiger partial charge in [0.05, 0.1) is 0 Å². The molecule has 0 N–H and O–H groups in total. The number of rotatable bonds is 3. The van der Waals surface area contributed by atoms with Crippen LogP contribution in [0.25, 0.3) is 6.08 Å². The van der Waals surface area contributed by atoms with Crippen molar-refractivity contribution in [3.63, 3.8) is 0 Å². The van der Waals surface area contributed by atoms with Crippen LogP contribution in [0.1, 0.15) is 31.8 Å². The molecule has 0 amide bonds. The Balaban J connectivity index is 2.03. The molecule has 0 unspecified atom stereocenters. The topological polar surface area (TPSA) is 34.1 Å². The van der Waals surface area contributed by atoms with E-state index in [4.69, 9.17) is 0 Å². The molecule has 96 valence electrons. The second-order valence-corrected chi connectivity index (χ2v) is 4.13. The lowest BCUT2D eigenvalue weighted by molar-refractivity contribution is 0.111. The van der Waals surface area contributed by atoms with Crippen LogP contribution in [0.5, 0.6) is 0 Å². The van der Waals surface area contributed by atoms with Gasteiger partial charge in [0.15, 0.2) is 0 Å². The molecule has 0 heterocycles. The molecule has 2 aromatic rings. The third-order valence-corrected chi connectivity index (χ3v) is 2.69. The van der Waals surface area contributed by atoms with Crippen LogP contribution in [0.4, 0.5) is 0 Å². The monoisotopic (exact) mass is 260 g/mol. The van der Waals surface area contributed by atoms with Gasteiger partial charge < -0.3 is 0 Å². The molecule has 0 aromatic heterocycles. The Morgan fingerprint density at radius 3 is 1.75 bits per heavy atom. The Morgan fingerprint density at radius 2 is 1.20 bits per heavy atom. The fourth-order valence-electron chi connectivity index (χ4n) is 1.59. The summed E-state index contributed by atoms with van der Waals surface area (Å²) in [6.45, 7) is 0. The van der Waals surface area contributed by atoms with E-state index in [9.17, 15) is 9.59 Å². The number of benzene rings is 2. The zero-order valence-corrected chi connectivity index (χ0v) is 10.7. The maximum Gasteiger partial charge on any atom is 0.150 e. The molecule has 0 bridgehead atoms. The molecule has 0 radical (unpaired) electrons. The van der Waals surface area contributed by atoms with Crippen molar-refractivity contribution in [2.45, 2.75) is 0 Å². The van der Waals surface area contributed by atoms with Crippen molar-refractivity contribution in [2.75, 3.05) is 0 Å². The SMILES string of the molecule is O=Cc1ccc(C#CC=Cc2ccc(C=O)cc2)cc1. The second-order valence-electron chi connectivity index (χ2n) is 4.13. The van der Waals surface area contributed by atoms with Gasteiger partial charge in [-0.05, 0) is 29.8 Å². The van der Waals surface area contributed by atoms with Crippen molar-refractivity contribution in [1.29, 1.82) is 0 Å². The molecule has 2 heteroatoms. The van der Waals surface area contributed by atoms with Gasteiger partial charge in [0, 0.05) is 16.7 Å². The first kappa shape index (κ1) is 13.5. The smallest absolute Gasteiger partial charge is 0.150 e. The molecule has 2 aromatic carbocycles. The van der Waals surface area contributed by atoms with E-state index in [-0.39, 0.29) is 0 Å². The Hall–Kier alpha value is -2.92. The predicted molar refractivity (Wildman–Crippen MR) is 79.6 cm³/mol. The molecule has 2 nitrogen and oxygen atoms in total. The van der Waals surface area contributed by atoms with Gasteiger partial charge in [-0.1, -0.05) is 48.2 Å². The number of hydrogen-bond donors (Lipinski definition) is 0. The third-order valence-electron chi connectivity index (χ3n) is 2.69. The summed E-state index contributed by atoms with van der Waals surface area (Å²) >= 11 is 0. The molecule has 0 spiro atoms. The van der Waals surface area contributed by atoms with Crippen molar-refractivity contribution in [3.8, 4) is 11.8 Å². The number of carbonyl (C=O) groups excluding carboxylic acids is 2. The maximum atomic E-state index is 10.5. The number of carbonyl (C=O) groups is 2. The van der Waals surface area contributed by atoms with Gasteiger partial charge in [-0.2, -0.15) is 0 Å². The van der Waals surface area contributed by atoms with Crippen LogP contribution in [0.3, 0.4) is 0 Å². The fraction of sp³-hybridized carbons (Fsp3) is 0. The minimum Gasteiger partial charge on any atom is -0.298 e. The van der Waals surface area contributed by atoms with E-state index < -0.39 is 0 Å². The van der Waals surface area contributed by atoms with Crippen LogP contribution < -0.4 is 0 Å². The second kappa shape index (κ2) is 6.86. The zero-order chi connectivity index (χ0) is 14.2. The minimum atomic E-state index is 0.640. The zero-order valence-electron chi connectivity index (χ0n) is 10.7. The lowest BCUT2D eigenvalue weighted by Gasteiger charge is -1.92. The lowest BCUT2D eigenvalue weighted by Crippen LogP contribution is -1.79. The Kier molecular flexibility index (Phi) is 4.64. The summed E-state index contributed by atoms with van der Waals surface area (Å²) in [5, 5.41) is 0. The summed E-state index contributed by atoms with van der Waals surface area (Å²) in [4.78, 5) is 21.0. The summed E-state index contributed by atoms with van der Waals surface area (Å²) in [6, 6.07) is 14.3. The van der Waals surface area contributed by atoms with Gasteiger partial charge >= 0.3 is 0 Å². The third kappa shape index (κ3) is 3.79. The summed E-state index contributed by atoms with van der Waals surface area (Å²) in [7, 11) is 0. The van der Waals surface area contributed by atoms with Gasteiger partial charge in [-0.3, -0.25) is 9.59 Å². The van der Waals surface area contributed by atoms with E-state index >= 15 is 0 Å². The molecule has 0 saturated heterocycles. The standard InChI is InChI=1S/C18H12O2/c19-13-17-9-5-15(6-10-17)3-1-2-4-16-7-11-18(14-20)12-8-16/h1,3,5-14H. The lowest BCUT2D eigenvalue weighted by atomic mass is 10.1. The van der Waals surface area contributed by atoms with E-state index in [0.717, 1.165) is 23.7 Å². The van der Waals surface area contributed by atoms with Gasteiger partial charge in [0.1, 0.15) is 12.6 Å². The van der Waals surface area contributed by atoms with Gasteiger partial charge in [0.2, 0.25) is 0 Å². The van der Waals surface area contributed by atoms with Gasteiger partial charge in [0.25, 0.3) is 0 Å². The molecular weight excluding hydrogens is 248 g/mol. The van der Waals surface area contributed by atoms with Crippen LogP contribution in [-0.2, 0) is 0 Å². The Bertz CT molecular complexity index is 681. The first-order valence-corrected chi connectivity index (χ1v) is 6.10. The molecule has 20 heavy (non-hydrogen) atoms. The molecule has 0 aliphatic carbocycles. The average Bonchev–Trinajstić information content (AvgIpc) is 2.53. The first-order chi connectivity index (χ1) is 9.81. The Morgan fingerprint density at radius 1 is 0.700 bits per heavy atom. The van der Waals surface area contributed by atoms with Crippen LogP contribution in [0.15, 0.2) is 54.6 Å². The summed E-state index contributed by atoms with van der Waals surface area (Å²) in [6.07, 6.45) is 5.25. The van der Waals surface area contributed by atoms with Crippen LogP contribution in [0.2, 0.25) is 0 Å². The number of allylic oxidation sites excluding steroid dienone is 1. The van der Waals surface area contributed by atoms with Crippen molar-refractivity contribution < 1.29 is 9.59 Å². The fourth-order valence-corrected chi connectivity index (χ4v) is 1.59. The van der Waals surface area contributed by atoms with Crippen LogP contribution >= 0.6 is 0 Å². The maximum absolute atomic E-state index is 10.5. The van der Waals surface area contributed by atoms with E-state index in [0.29, 0.717) is 11.1 Å². The van der Waals surface area contributed by atoms with Gasteiger partial charge in [-0.15, -0.1) is 0 Å². The normalized spacial score (nSPS) is 9.80. The number of hydrogen-bond acceptors (Lipinski definition) is 2. The van der Waals surface area contributed by atoms with E-state index in [1.807, 2.05) is 30.3 Å². The average molecular weight is 260 g/mol. The first-order valence-electron chi connectivity index (χ1n) is 6.10. The van der Waals surface area contributed by atoms with Crippen molar-refractivity contribution in [1.82, 2.24) is 0 Å². The molecule has 0 saturated carbocycles. The highest BCUT2D eigenvalue weighted by atomic mass is 16.1. The summed E-state index contributed by atoms with van der Waals surface area (Å²) in [5.74, 6) is 5.91. The molecule has 2 rings (SSSR count). The Labute approximate surface area is 117 Å². The van der Waals surface area contributed by atoms with Crippen molar-refractivity contribution >= 4 is 18.6 Å².